The van der Waals surface area contributed by atoms with Crippen molar-refractivity contribution in [3.63, 3.8) is 0 Å². The predicted molar refractivity (Wildman–Crippen MR) is 105 cm³/mol. The molecule has 0 bridgehead atoms. The standard InChI is InChI=1S/C21H24N2O4/c1-4-16-6-12-19(13-7-16)23(15(3)24)14-20(25)22-18-10-8-17(9-11-18)21(26)27-5-2/h6-13H,4-5,14H2,1-3H3,(H,22,25). The van der Waals surface area contributed by atoms with Crippen molar-refractivity contribution in [3.05, 3.63) is 59.7 Å². The van der Waals surface area contributed by atoms with Gasteiger partial charge in [0.05, 0.1) is 12.2 Å². The molecule has 2 amide bonds. The third kappa shape index (κ3) is 5.67. The van der Waals surface area contributed by atoms with E-state index < -0.39 is 5.97 Å². The van der Waals surface area contributed by atoms with E-state index in [-0.39, 0.29) is 18.4 Å². The molecule has 0 fully saturated rings. The summed E-state index contributed by atoms with van der Waals surface area (Å²) in [6, 6.07) is 14.0. The number of nitrogens with zero attached hydrogens (tertiary/aromatic N) is 1. The van der Waals surface area contributed by atoms with Gasteiger partial charge in [-0.15, -0.1) is 0 Å². The topological polar surface area (TPSA) is 75.7 Å². The number of nitrogens with one attached hydrogen (secondary N) is 1. The average Bonchev–Trinajstić information content (AvgIpc) is 2.67. The van der Waals surface area contributed by atoms with E-state index in [0.717, 1.165) is 12.0 Å². The van der Waals surface area contributed by atoms with Crippen molar-refractivity contribution in [3.8, 4) is 0 Å². The maximum absolute atomic E-state index is 12.3. The van der Waals surface area contributed by atoms with Crippen LogP contribution in [0.5, 0.6) is 0 Å². The number of hydrogen-bond acceptors (Lipinski definition) is 4. The van der Waals surface area contributed by atoms with Gasteiger partial charge in [0.25, 0.3) is 0 Å². The van der Waals surface area contributed by atoms with Crippen LogP contribution in [0.2, 0.25) is 0 Å². The SMILES string of the molecule is CCOC(=O)c1ccc(NC(=O)CN(C(C)=O)c2ccc(CC)cc2)cc1. The Bertz CT molecular complexity index is 798. The summed E-state index contributed by atoms with van der Waals surface area (Å²) in [6.45, 7) is 5.43. The Kier molecular flexibility index (Phi) is 7.11. The number of rotatable bonds is 7. The summed E-state index contributed by atoms with van der Waals surface area (Å²) in [6.07, 6.45) is 0.905. The van der Waals surface area contributed by atoms with Crippen LogP contribution in [0.4, 0.5) is 11.4 Å². The molecule has 27 heavy (non-hydrogen) atoms. The van der Waals surface area contributed by atoms with E-state index in [0.29, 0.717) is 23.5 Å². The van der Waals surface area contributed by atoms with Crippen LogP contribution in [0.15, 0.2) is 48.5 Å². The van der Waals surface area contributed by atoms with Gasteiger partial charge in [-0.1, -0.05) is 19.1 Å². The number of benzene rings is 2. The first kappa shape index (κ1) is 20.2. The first-order valence-electron chi connectivity index (χ1n) is 8.88. The minimum Gasteiger partial charge on any atom is -0.462 e. The zero-order valence-corrected chi connectivity index (χ0v) is 15.8. The number of aryl methyl sites for hydroxylation is 1. The molecular formula is C21H24N2O4. The molecule has 142 valence electrons. The Morgan fingerprint density at radius 3 is 2.11 bits per heavy atom. The minimum absolute atomic E-state index is 0.0968. The van der Waals surface area contributed by atoms with Crippen molar-refractivity contribution in [2.75, 3.05) is 23.4 Å². The Morgan fingerprint density at radius 1 is 0.963 bits per heavy atom. The first-order valence-corrected chi connectivity index (χ1v) is 8.88. The van der Waals surface area contributed by atoms with Crippen LogP contribution in [0, 0.1) is 0 Å². The quantitative estimate of drug-likeness (QED) is 0.760. The molecule has 1 N–H and O–H groups in total. The highest BCUT2D eigenvalue weighted by molar-refractivity contribution is 6.02. The Morgan fingerprint density at radius 2 is 1.59 bits per heavy atom. The van der Waals surface area contributed by atoms with Crippen LogP contribution in [0.3, 0.4) is 0 Å². The molecule has 2 rings (SSSR count). The van der Waals surface area contributed by atoms with Crippen molar-refractivity contribution < 1.29 is 19.1 Å². The summed E-state index contributed by atoms with van der Waals surface area (Å²) in [7, 11) is 0. The molecule has 0 aromatic heterocycles. The van der Waals surface area contributed by atoms with Gasteiger partial charge in [-0.25, -0.2) is 4.79 Å². The smallest absolute Gasteiger partial charge is 0.338 e. The van der Waals surface area contributed by atoms with Gasteiger partial charge in [-0.2, -0.15) is 0 Å². The predicted octanol–water partition coefficient (Wildman–Crippen LogP) is 3.42. The van der Waals surface area contributed by atoms with E-state index in [1.807, 2.05) is 24.3 Å². The molecule has 0 aliphatic heterocycles. The fraction of sp³-hybridized carbons (Fsp3) is 0.286. The van der Waals surface area contributed by atoms with Crippen LogP contribution in [0.1, 0.15) is 36.7 Å². The molecule has 0 aliphatic rings. The van der Waals surface area contributed by atoms with Crippen molar-refractivity contribution in [1.82, 2.24) is 0 Å². The van der Waals surface area contributed by atoms with Gasteiger partial charge >= 0.3 is 5.97 Å². The molecule has 6 nitrogen and oxygen atoms in total. The highest BCUT2D eigenvalue weighted by Crippen LogP contribution is 2.17. The highest BCUT2D eigenvalue weighted by atomic mass is 16.5. The maximum Gasteiger partial charge on any atom is 0.338 e. The second-order valence-corrected chi connectivity index (χ2v) is 5.97. The summed E-state index contributed by atoms with van der Waals surface area (Å²) in [5.41, 5.74) is 2.79. The van der Waals surface area contributed by atoms with Crippen LogP contribution in [-0.2, 0) is 20.7 Å². The molecule has 0 aliphatic carbocycles. The van der Waals surface area contributed by atoms with Crippen LogP contribution < -0.4 is 10.2 Å². The molecule has 0 saturated heterocycles. The number of esters is 1. The molecule has 0 heterocycles. The van der Waals surface area contributed by atoms with Gasteiger partial charge < -0.3 is 15.0 Å². The molecule has 0 saturated carbocycles. The first-order chi connectivity index (χ1) is 12.9. The Labute approximate surface area is 159 Å². The number of carbonyl (C=O) groups is 3. The molecule has 2 aromatic carbocycles. The summed E-state index contributed by atoms with van der Waals surface area (Å²) < 4.78 is 4.92. The molecular weight excluding hydrogens is 344 g/mol. The molecule has 0 atom stereocenters. The fourth-order valence-electron chi connectivity index (χ4n) is 2.54. The van der Waals surface area contributed by atoms with Crippen molar-refractivity contribution >= 4 is 29.2 Å². The lowest BCUT2D eigenvalue weighted by Crippen LogP contribution is -2.36. The van der Waals surface area contributed by atoms with Gasteiger partial charge in [0.15, 0.2) is 0 Å². The van der Waals surface area contributed by atoms with Gasteiger partial charge in [0.2, 0.25) is 11.8 Å². The lowest BCUT2D eigenvalue weighted by atomic mass is 10.1. The summed E-state index contributed by atoms with van der Waals surface area (Å²) >= 11 is 0. The monoisotopic (exact) mass is 368 g/mol. The van der Waals surface area contributed by atoms with Crippen molar-refractivity contribution in [1.29, 1.82) is 0 Å². The van der Waals surface area contributed by atoms with Gasteiger partial charge in [0, 0.05) is 18.3 Å². The van der Waals surface area contributed by atoms with Crippen LogP contribution in [0.25, 0.3) is 0 Å². The number of carbonyl (C=O) groups excluding carboxylic acids is 3. The summed E-state index contributed by atoms with van der Waals surface area (Å²) in [5.74, 6) is -0.950. The minimum atomic E-state index is -0.409. The summed E-state index contributed by atoms with van der Waals surface area (Å²) in [4.78, 5) is 37.4. The Hall–Kier alpha value is -3.15. The van der Waals surface area contributed by atoms with Gasteiger partial charge in [0.1, 0.15) is 6.54 Å². The Balaban J connectivity index is 2.03. The van der Waals surface area contributed by atoms with E-state index in [2.05, 4.69) is 12.2 Å². The maximum atomic E-state index is 12.3. The molecule has 0 radical (unpaired) electrons. The van der Waals surface area contributed by atoms with Crippen molar-refractivity contribution in [2.24, 2.45) is 0 Å². The number of ether oxygens (including phenoxy) is 1. The van der Waals surface area contributed by atoms with E-state index in [9.17, 15) is 14.4 Å². The van der Waals surface area contributed by atoms with E-state index >= 15 is 0 Å². The number of amides is 2. The van der Waals surface area contributed by atoms with E-state index in [4.69, 9.17) is 4.74 Å². The highest BCUT2D eigenvalue weighted by Gasteiger charge is 2.16. The third-order valence-electron chi connectivity index (χ3n) is 4.02. The van der Waals surface area contributed by atoms with Gasteiger partial charge in [-0.3, -0.25) is 9.59 Å². The van der Waals surface area contributed by atoms with Crippen molar-refractivity contribution in [2.45, 2.75) is 27.2 Å². The third-order valence-corrected chi connectivity index (χ3v) is 4.02. The zero-order chi connectivity index (χ0) is 19.8. The number of anilines is 2. The molecule has 2 aromatic rings. The largest absolute Gasteiger partial charge is 0.462 e. The second kappa shape index (κ2) is 9.52. The lowest BCUT2D eigenvalue weighted by molar-refractivity contribution is -0.120. The second-order valence-electron chi connectivity index (χ2n) is 5.97. The molecule has 6 heteroatoms. The lowest BCUT2D eigenvalue weighted by Gasteiger charge is -2.21. The van der Waals surface area contributed by atoms with E-state index in [1.54, 1.807) is 31.2 Å². The van der Waals surface area contributed by atoms with E-state index in [1.165, 1.54) is 11.8 Å². The fourth-order valence-corrected chi connectivity index (χ4v) is 2.54. The van der Waals surface area contributed by atoms with Crippen LogP contribution >= 0.6 is 0 Å². The molecule has 0 spiro atoms. The molecule has 0 unspecified atom stereocenters. The van der Waals surface area contributed by atoms with Crippen LogP contribution in [-0.4, -0.2) is 30.9 Å². The zero-order valence-electron chi connectivity index (χ0n) is 15.8. The average molecular weight is 368 g/mol. The van der Waals surface area contributed by atoms with Gasteiger partial charge in [-0.05, 0) is 55.3 Å². The normalized spacial score (nSPS) is 10.2. The number of hydrogen-bond donors (Lipinski definition) is 1. The summed E-state index contributed by atoms with van der Waals surface area (Å²) in [5, 5.41) is 2.73.